The summed E-state index contributed by atoms with van der Waals surface area (Å²) < 4.78 is 0. The second kappa shape index (κ2) is 7.34. The van der Waals surface area contributed by atoms with Gasteiger partial charge in [-0.1, -0.05) is 37.5 Å². The van der Waals surface area contributed by atoms with Gasteiger partial charge < -0.3 is 9.94 Å². The molecule has 2 aliphatic rings. The highest BCUT2D eigenvalue weighted by Gasteiger charge is 2.48. The first kappa shape index (κ1) is 17.0. The number of piperidine rings is 1. The maximum atomic E-state index is 12.1. The van der Waals surface area contributed by atoms with Gasteiger partial charge in [0, 0.05) is 13.1 Å². The van der Waals surface area contributed by atoms with Crippen molar-refractivity contribution in [1.29, 1.82) is 0 Å². The molecule has 1 saturated heterocycles. The van der Waals surface area contributed by atoms with E-state index in [4.69, 9.17) is 4.84 Å². The molecule has 0 unspecified atom stereocenters. The van der Waals surface area contributed by atoms with Crippen molar-refractivity contribution in [3.63, 3.8) is 0 Å². The van der Waals surface area contributed by atoms with Crippen LogP contribution in [-0.4, -0.2) is 35.2 Å². The molecule has 0 radical (unpaired) electrons. The van der Waals surface area contributed by atoms with Gasteiger partial charge in [-0.05, 0) is 43.7 Å². The number of hydrogen-bond acceptors (Lipinski definition) is 4. The molecule has 0 amide bonds. The zero-order valence-corrected chi connectivity index (χ0v) is 13.9. The van der Waals surface area contributed by atoms with E-state index in [1.807, 2.05) is 6.07 Å². The van der Waals surface area contributed by atoms with Crippen molar-refractivity contribution in [3.8, 4) is 0 Å². The average molecular weight is 331 g/mol. The predicted octanol–water partition coefficient (Wildman–Crippen LogP) is 3.51. The van der Waals surface area contributed by atoms with Crippen LogP contribution in [0.4, 0.5) is 0 Å². The third-order valence-corrected chi connectivity index (χ3v) is 5.65. The standard InChI is InChI=1S/C19H25NO4/c21-17(15-7-3-1-4-8-15)24-20-13-11-19(12-14-20,18(22)23)16-9-5-2-6-10-16/h1,3-4,7-8,16H,2,5-6,9-14H2,(H,22,23). The molecule has 0 spiro atoms. The van der Waals surface area contributed by atoms with Crippen molar-refractivity contribution in [2.45, 2.75) is 44.9 Å². The van der Waals surface area contributed by atoms with Gasteiger partial charge in [0.05, 0.1) is 11.0 Å². The summed E-state index contributed by atoms with van der Waals surface area (Å²) in [6.07, 6.45) is 6.60. The molecule has 3 rings (SSSR count). The first-order valence-electron chi connectivity index (χ1n) is 8.87. The van der Waals surface area contributed by atoms with Crippen LogP contribution in [0.2, 0.25) is 0 Å². The normalized spacial score (nSPS) is 22.0. The first-order valence-corrected chi connectivity index (χ1v) is 8.87. The third-order valence-electron chi connectivity index (χ3n) is 5.65. The van der Waals surface area contributed by atoms with Crippen molar-refractivity contribution in [2.24, 2.45) is 11.3 Å². The number of carbonyl (C=O) groups is 2. The molecule has 1 heterocycles. The lowest BCUT2D eigenvalue weighted by molar-refractivity contribution is -0.174. The van der Waals surface area contributed by atoms with Gasteiger partial charge in [0.2, 0.25) is 0 Å². The van der Waals surface area contributed by atoms with Crippen molar-refractivity contribution < 1.29 is 19.5 Å². The van der Waals surface area contributed by atoms with Crippen LogP contribution in [0.5, 0.6) is 0 Å². The van der Waals surface area contributed by atoms with Crippen LogP contribution in [0, 0.1) is 11.3 Å². The highest BCUT2D eigenvalue weighted by molar-refractivity contribution is 5.89. The monoisotopic (exact) mass is 331 g/mol. The molecule has 5 nitrogen and oxygen atoms in total. The van der Waals surface area contributed by atoms with E-state index in [1.165, 1.54) is 6.42 Å². The van der Waals surface area contributed by atoms with Gasteiger partial charge in [-0.25, -0.2) is 4.79 Å². The van der Waals surface area contributed by atoms with Crippen LogP contribution in [-0.2, 0) is 9.63 Å². The van der Waals surface area contributed by atoms with Crippen LogP contribution in [0.3, 0.4) is 0 Å². The summed E-state index contributed by atoms with van der Waals surface area (Å²) in [6.45, 7) is 0.975. The molecule has 0 aromatic heterocycles. The number of rotatable bonds is 4. The number of carboxylic acid groups (broad SMARTS) is 1. The van der Waals surface area contributed by atoms with E-state index in [-0.39, 0.29) is 11.9 Å². The first-order chi connectivity index (χ1) is 11.6. The van der Waals surface area contributed by atoms with Crippen LogP contribution in [0.25, 0.3) is 0 Å². The van der Waals surface area contributed by atoms with Crippen LogP contribution in [0.15, 0.2) is 30.3 Å². The number of hydrogen-bond donors (Lipinski definition) is 1. The van der Waals surface area contributed by atoms with Gasteiger partial charge in [0.15, 0.2) is 0 Å². The summed E-state index contributed by atoms with van der Waals surface area (Å²) >= 11 is 0. The number of aliphatic carboxylic acids is 1. The molecule has 2 fully saturated rings. The third kappa shape index (κ3) is 3.46. The second-order valence-corrected chi connectivity index (χ2v) is 6.97. The minimum Gasteiger partial charge on any atom is -0.481 e. The highest BCUT2D eigenvalue weighted by atomic mass is 16.7. The molecule has 24 heavy (non-hydrogen) atoms. The number of nitrogens with zero attached hydrogens (tertiary/aromatic N) is 1. The number of carboxylic acids is 1. The van der Waals surface area contributed by atoms with E-state index in [9.17, 15) is 14.7 Å². The Labute approximate surface area is 142 Å². The van der Waals surface area contributed by atoms with Crippen LogP contribution in [0.1, 0.15) is 55.3 Å². The Morgan fingerprint density at radius 2 is 1.67 bits per heavy atom. The van der Waals surface area contributed by atoms with Crippen molar-refractivity contribution in [2.75, 3.05) is 13.1 Å². The van der Waals surface area contributed by atoms with E-state index < -0.39 is 11.4 Å². The molecule has 0 bridgehead atoms. The summed E-state index contributed by atoms with van der Waals surface area (Å²) in [5.74, 6) is -0.796. The topological polar surface area (TPSA) is 66.8 Å². The Bertz CT molecular complexity index is 572. The van der Waals surface area contributed by atoms with Gasteiger partial charge >= 0.3 is 11.9 Å². The van der Waals surface area contributed by atoms with E-state index in [1.54, 1.807) is 29.3 Å². The maximum absolute atomic E-state index is 12.1. The molecule has 1 aliphatic heterocycles. The fourth-order valence-corrected chi connectivity index (χ4v) is 4.17. The largest absolute Gasteiger partial charge is 0.481 e. The summed E-state index contributed by atoms with van der Waals surface area (Å²) in [5.41, 5.74) is -0.129. The lowest BCUT2D eigenvalue weighted by atomic mass is 9.64. The summed E-state index contributed by atoms with van der Waals surface area (Å²) in [4.78, 5) is 29.6. The molecule has 1 saturated carbocycles. The summed E-state index contributed by atoms with van der Waals surface area (Å²) in [5, 5.41) is 11.5. The van der Waals surface area contributed by atoms with E-state index >= 15 is 0 Å². The zero-order valence-electron chi connectivity index (χ0n) is 13.9. The Hall–Kier alpha value is -1.88. The minimum absolute atomic E-state index is 0.260. The smallest absolute Gasteiger partial charge is 0.357 e. The number of benzene rings is 1. The zero-order chi connectivity index (χ0) is 17.0. The van der Waals surface area contributed by atoms with E-state index in [0.717, 1.165) is 25.7 Å². The quantitative estimate of drug-likeness (QED) is 0.914. The van der Waals surface area contributed by atoms with E-state index in [0.29, 0.717) is 31.5 Å². The van der Waals surface area contributed by atoms with Crippen LogP contribution < -0.4 is 0 Å². The Morgan fingerprint density at radius 1 is 1.04 bits per heavy atom. The van der Waals surface area contributed by atoms with E-state index in [2.05, 4.69) is 0 Å². The summed E-state index contributed by atoms with van der Waals surface area (Å²) in [6, 6.07) is 8.88. The molecule has 0 atom stereocenters. The molecular weight excluding hydrogens is 306 g/mol. The highest BCUT2D eigenvalue weighted by Crippen LogP contribution is 2.46. The fraction of sp³-hybridized carbons (Fsp3) is 0.579. The minimum atomic E-state index is -0.677. The molecule has 1 aromatic rings. The Morgan fingerprint density at radius 3 is 2.25 bits per heavy atom. The number of carbonyl (C=O) groups excluding carboxylic acids is 1. The molecular formula is C19H25NO4. The van der Waals surface area contributed by atoms with Gasteiger partial charge in [-0.2, -0.15) is 0 Å². The van der Waals surface area contributed by atoms with Gasteiger partial charge in [-0.15, -0.1) is 5.06 Å². The second-order valence-electron chi connectivity index (χ2n) is 6.97. The predicted molar refractivity (Wildman–Crippen MR) is 89.3 cm³/mol. The molecule has 1 aliphatic carbocycles. The van der Waals surface area contributed by atoms with Crippen molar-refractivity contribution in [3.05, 3.63) is 35.9 Å². The molecule has 130 valence electrons. The Balaban J connectivity index is 1.61. The lowest BCUT2D eigenvalue weighted by Crippen LogP contribution is -2.49. The SMILES string of the molecule is O=C(ON1CCC(C(=O)O)(C2CCCCC2)CC1)c1ccccc1. The van der Waals surface area contributed by atoms with Gasteiger partial charge in [0.1, 0.15) is 0 Å². The lowest BCUT2D eigenvalue weighted by Gasteiger charge is -2.44. The maximum Gasteiger partial charge on any atom is 0.357 e. The molecule has 5 heteroatoms. The fourth-order valence-electron chi connectivity index (χ4n) is 4.17. The number of hydroxylamine groups is 2. The van der Waals surface area contributed by atoms with Crippen molar-refractivity contribution >= 4 is 11.9 Å². The Kier molecular flexibility index (Phi) is 5.19. The van der Waals surface area contributed by atoms with Gasteiger partial charge in [0.25, 0.3) is 0 Å². The average Bonchev–Trinajstić information content (AvgIpc) is 2.63. The summed E-state index contributed by atoms with van der Waals surface area (Å²) in [7, 11) is 0. The van der Waals surface area contributed by atoms with Gasteiger partial charge in [-0.3, -0.25) is 4.79 Å². The molecule has 1 aromatic carbocycles. The van der Waals surface area contributed by atoms with Crippen LogP contribution >= 0.6 is 0 Å². The van der Waals surface area contributed by atoms with Crippen molar-refractivity contribution in [1.82, 2.24) is 5.06 Å². The molecule has 1 N–H and O–H groups in total.